The summed E-state index contributed by atoms with van der Waals surface area (Å²) in [7, 11) is 1.80. The Bertz CT molecular complexity index is 372. The number of amides is 1. The molecule has 2 N–H and O–H groups in total. The van der Waals surface area contributed by atoms with E-state index < -0.39 is 0 Å². The molecule has 2 heterocycles. The zero-order valence-corrected chi connectivity index (χ0v) is 9.90. The standard InChI is InChI=1S/C12H17N3O2/c1-13-11-3-2-9(8-14-11)12(16)15-10-4-6-17-7-5-10/h2-3,8,10H,4-7H2,1H3,(H,13,14)(H,15,16). The molecule has 0 unspecified atom stereocenters. The molecule has 1 fully saturated rings. The number of nitrogens with one attached hydrogen (secondary N) is 2. The zero-order chi connectivity index (χ0) is 12.1. The number of rotatable bonds is 3. The van der Waals surface area contributed by atoms with Crippen LogP contribution in [0.5, 0.6) is 0 Å². The van der Waals surface area contributed by atoms with E-state index in [1.807, 2.05) is 0 Å². The molecule has 5 nitrogen and oxygen atoms in total. The van der Waals surface area contributed by atoms with E-state index in [1.165, 1.54) is 0 Å². The normalized spacial score (nSPS) is 16.5. The second-order valence-electron chi connectivity index (χ2n) is 4.04. The smallest absolute Gasteiger partial charge is 0.253 e. The van der Waals surface area contributed by atoms with Crippen molar-refractivity contribution in [1.29, 1.82) is 0 Å². The van der Waals surface area contributed by atoms with Gasteiger partial charge in [0.15, 0.2) is 0 Å². The molecule has 1 aliphatic heterocycles. The number of pyridine rings is 1. The van der Waals surface area contributed by atoms with E-state index in [0.717, 1.165) is 31.9 Å². The van der Waals surface area contributed by atoms with Gasteiger partial charge in [-0.15, -0.1) is 0 Å². The number of carbonyl (C=O) groups excluding carboxylic acids is 1. The molecule has 0 saturated carbocycles. The Morgan fingerprint density at radius 3 is 2.76 bits per heavy atom. The summed E-state index contributed by atoms with van der Waals surface area (Å²) in [6.07, 6.45) is 3.35. The third-order valence-electron chi connectivity index (χ3n) is 2.84. The highest BCUT2D eigenvalue weighted by molar-refractivity contribution is 5.94. The van der Waals surface area contributed by atoms with Crippen molar-refractivity contribution in [3.8, 4) is 0 Å². The Labute approximate surface area is 101 Å². The summed E-state index contributed by atoms with van der Waals surface area (Å²) in [5.74, 6) is 0.694. The van der Waals surface area contributed by atoms with Crippen molar-refractivity contribution in [1.82, 2.24) is 10.3 Å². The first-order valence-corrected chi connectivity index (χ1v) is 5.82. The van der Waals surface area contributed by atoms with Gasteiger partial charge in [0.1, 0.15) is 5.82 Å². The fourth-order valence-electron chi connectivity index (χ4n) is 1.79. The lowest BCUT2D eigenvalue weighted by Gasteiger charge is -2.23. The van der Waals surface area contributed by atoms with Crippen LogP contribution in [0.1, 0.15) is 23.2 Å². The van der Waals surface area contributed by atoms with Gasteiger partial charge >= 0.3 is 0 Å². The molecule has 0 atom stereocenters. The fourth-order valence-corrected chi connectivity index (χ4v) is 1.79. The van der Waals surface area contributed by atoms with E-state index in [1.54, 1.807) is 25.4 Å². The number of ether oxygens (including phenoxy) is 1. The molecule has 1 aromatic heterocycles. The molecule has 0 aromatic carbocycles. The molecule has 1 aromatic rings. The molecule has 1 amide bonds. The number of anilines is 1. The van der Waals surface area contributed by atoms with E-state index in [0.29, 0.717) is 5.56 Å². The number of carbonyl (C=O) groups is 1. The minimum absolute atomic E-state index is 0.0629. The van der Waals surface area contributed by atoms with Crippen molar-refractivity contribution in [2.24, 2.45) is 0 Å². The molecule has 2 rings (SSSR count). The van der Waals surface area contributed by atoms with Crippen LogP contribution in [0, 0.1) is 0 Å². The molecule has 1 saturated heterocycles. The Morgan fingerprint density at radius 1 is 1.41 bits per heavy atom. The van der Waals surface area contributed by atoms with Gasteiger partial charge in [-0.3, -0.25) is 4.79 Å². The minimum Gasteiger partial charge on any atom is -0.381 e. The Balaban J connectivity index is 1.93. The van der Waals surface area contributed by atoms with Gasteiger partial charge in [-0.05, 0) is 25.0 Å². The number of aromatic nitrogens is 1. The summed E-state index contributed by atoms with van der Waals surface area (Å²) in [4.78, 5) is 16.0. The van der Waals surface area contributed by atoms with Crippen LogP contribution in [-0.2, 0) is 4.74 Å². The third kappa shape index (κ3) is 3.17. The largest absolute Gasteiger partial charge is 0.381 e. The van der Waals surface area contributed by atoms with Crippen LogP contribution in [0.15, 0.2) is 18.3 Å². The molecular formula is C12H17N3O2. The van der Waals surface area contributed by atoms with Crippen molar-refractivity contribution in [2.75, 3.05) is 25.6 Å². The molecule has 1 aliphatic rings. The van der Waals surface area contributed by atoms with E-state index in [2.05, 4.69) is 15.6 Å². The van der Waals surface area contributed by atoms with Gasteiger partial charge in [0, 0.05) is 32.5 Å². The maximum absolute atomic E-state index is 11.9. The quantitative estimate of drug-likeness (QED) is 0.821. The van der Waals surface area contributed by atoms with Gasteiger partial charge < -0.3 is 15.4 Å². The average Bonchev–Trinajstić information content (AvgIpc) is 2.40. The molecule has 0 spiro atoms. The minimum atomic E-state index is -0.0629. The monoisotopic (exact) mass is 235 g/mol. The van der Waals surface area contributed by atoms with Gasteiger partial charge in [-0.25, -0.2) is 4.98 Å². The van der Waals surface area contributed by atoms with Crippen molar-refractivity contribution < 1.29 is 9.53 Å². The topological polar surface area (TPSA) is 63.2 Å². The lowest BCUT2D eigenvalue weighted by Crippen LogP contribution is -2.38. The molecule has 0 radical (unpaired) electrons. The first kappa shape index (κ1) is 11.9. The third-order valence-corrected chi connectivity index (χ3v) is 2.84. The average molecular weight is 235 g/mol. The highest BCUT2D eigenvalue weighted by Crippen LogP contribution is 2.09. The van der Waals surface area contributed by atoms with Crippen molar-refractivity contribution >= 4 is 11.7 Å². The van der Waals surface area contributed by atoms with Gasteiger partial charge in [0.2, 0.25) is 0 Å². The predicted molar refractivity (Wildman–Crippen MR) is 65.1 cm³/mol. The van der Waals surface area contributed by atoms with E-state index >= 15 is 0 Å². The maximum Gasteiger partial charge on any atom is 0.253 e. The van der Waals surface area contributed by atoms with Crippen molar-refractivity contribution in [3.05, 3.63) is 23.9 Å². The summed E-state index contributed by atoms with van der Waals surface area (Å²) >= 11 is 0. The lowest BCUT2D eigenvalue weighted by molar-refractivity contribution is 0.0696. The van der Waals surface area contributed by atoms with E-state index in [-0.39, 0.29) is 11.9 Å². The van der Waals surface area contributed by atoms with Crippen LogP contribution >= 0.6 is 0 Å². The van der Waals surface area contributed by atoms with Crippen LogP contribution in [0.2, 0.25) is 0 Å². The highest BCUT2D eigenvalue weighted by Gasteiger charge is 2.16. The summed E-state index contributed by atoms with van der Waals surface area (Å²) in [5, 5.41) is 5.91. The number of hydrogen-bond acceptors (Lipinski definition) is 4. The Hall–Kier alpha value is -1.62. The predicted octanol–water partition coefficient (Wildman–Crippen LogP) is 1.03. The van der Waals surface area contributed by atoms with Crippen LogP contribution in [-0.4, -0.2) is 37.2 Å². The van der Waals surface area contributed by atoms with Crippen LogP contribution in [0.3, 0.4) is 0 Å². The first-order valence-electron chi connectivity index (χ1n) is 5.82. The fraction of sp³-hybridized carbons (Fsp3) is 0.500. The SMILES string of the molecule is CNc1ccc(C(=O)NC2CCOCC2)cn1. The molecule has 5 heteroatoms. The lowest BCUT2D eigenvalue weighted by atomic mass is 10.1. The first-order chi connectivity index (χ1) is 8.29. The van der Waals surface area contributed by atoms with E-state index in [4.69, 9.17) is 4.74 Å². The zero-order valence-electron chi connectivity index (χ0n) is 9.90. The van der Waals surface area contributed by atoms with Crippen LogP contribution in [0.25, 0.3) is 0 Å². The van der Waals surface area contributed by atoms with Gasteiger partial charge in [0.05, 0.1) is 5.56 Å². The van der Waals surface area contributed by atoms with Crippen molar-refractivity contribution in [3.63, 3.8) is 0 Å². The van der Waals surface area contributed by atoms with Crippen LogP contribution < -0.4 is 10.6 Å². The summed E-state index contributed by atoms with van der Waals surface area (Å²) < 4.78 is 5.25. The Morgan fingerprint density at radius 2 is 2.18 bits per heavy atom. The van der Waals surface area contributed by atoms with Crippen LogP contribution in [0.4, 0.5) is 5.82 Å². The number of hydrogen-bond donors (Lipinski definition) is 2. The second kappa shape index (κ2) is 5.63. The van der Waals surface area contributed by atoms with Gasteiger partial charge in [0.25, 0.3) is 5.91 Å². The highest BCUT2D eigenvalue weighted by atomic mass is 16.5. The summed E-state index contributed by atoms with van der Waals surface area (Å²) in [6, 6.07) is 3.78. The van der Waals surface area contributed by atoms with Crippen molar-refractivity contribution in [2.45, 2.75) is 18.9 Å². The van der Waals surface area contributed by atoms with E-state index in [9.17, 15) is 4.79 Å². The Kier molecular flexibility index (Phi) is 3.93. The second-order valence-corrected chi connectivity index (χ2v) is 4.04. The van der Waals surface area contributed by atoms with Gasteiger partial charge in [-0.1, -0.05) is 0 Å². The molecule has 0 bridgehead atoms. The molecular weight excluding hydrogens is 218 g/mol. The molecule has 17 heavy (non-hydrogen) atoms. The maximum atomic E-state index is 11.9. The van der Waals surface area contributed by atoms with Gasteiger partial charge in [-0.2, -0.15) is 0 Å². The summed E-state index contributed by atoms with van der Waals surface area (Å²) in [6.45, 7) is 1.45. The number of nitrogens with zero attached hydrogens (tertiary/aromatic N) is 1. The molecule has 0 aliphatic carbocycles. The molecule has 92 valence electrons. The summed E-state index contributed by atoms with van der Waals surface area (Å²) in [5.41, 5.74) is 0.593.